The van der Waals surface area contributed by atoms with Crippen LogP contribution in [0.1, 0.15) is 24.6 Å². The molecular weight excluding hydrogens is 336 g/mol. The molecule has 0 radical (unpaired) electrons. The minimum absolute atomic E-state index is 0.0221. The standard InChI is InChI=1S/C16H17ClN2O3S/c17-12-4-3-5-14(10-12)23(21,22)19-16(11-8-13(20)9-11)15-6-1-2-7-18-15/h1-7,10-11,13,16,19-20H,8-9H2/t11?,13?,16-/m0/s1. The summed E-state index contributed by atoms with van der Waals surface area (Å²) in [6.07, 6.45) is 2.37. The summed E-state index contributed by atoms with van der Waals surface area (Å²) in [6.45, 7) is 0. The fourth-order valence-corrected chi connectivity index (χ4v) is 4.31. The van der Waals surface area contributed by atoms with Crippen molar-refractivity contribution in [3.8, 4) is 0 Å². The fourth-order valence-electron chi connectivity index (χ4n) is 2.73. The van der Waals surface area contributed by atoms with Crippen LogP contribution in [0.25, 0.3) is 0 Å². The number of sulfonamides is 1. The van der Waals surface area contributed by atoms with Gasteiger partial charge in [0.15, 0.2) is 0 Å². The number of benzene rings is 1. The Hall–Kier alpha value is -1.47. The molecule has 23 heavy (non-hydrogen) atoms. The Kier molecular flexibility index (Phi) is 4.68. The Bertz CT molecular complexity index is 777. The summed E-state index contributed by atoms with van der Waals surface area (Å²) in [5, 5.41) is 9.91. The van der Waals surface area contributed by atoms with Crippen molar-refractivity contribution in [3.63, 3.8) is 0 Å². The first kappa shape index (κ1) is 16.4. The van der Waals surface area contributed by atoms with E-state index in [-0.39, 0.29) is 16.9 Å². The van der Waals surface area contributed by atoms with Gasteiger partial charge >= 0.3 is 0 Å². The van der Waals surface area contributed by atoms with Gasteiger partial charge in [0.1, 0.15) is 0 Å². The zero-order chi connectivity index (χ0) is 16.4. The lowest BCUT2D eigenvalue weighted by atomic mass is 9.76. The maximum atomic E-state index is 12.6. The molecule has 1 aromatic carbocycles. The normalized spacial score (nSPS) is 22.3. The van der Waals surface area contributed by atoms with Crippen LogP contribution in [-0.4, -0.2) is 24.6 Å². The van der Waals surface area contributed by atoms with Crippen molar-refractivity contribution >= 4 is 21.6 Å². The van der Waals surface area contributed by atoms with E-state index in [0.717, 1.165) is 0 Å². The Morgan fingerprint density at radius 1 is 1.22 bits per heavy atom. The maximum Gasteiger partial charge on any atom is 0.241 e. The Balaban J connectivity index is 1.89. The molecule has 1 fully saturated rings. The van der Waals surface area contributed by atoms with Crippen LogP contribution in [-0.2, 0) is 10.0 Å². The number of aliphatic hydroxyl groups is 1. The van der Waals surface area contributed by atoms with E-state index >= 15 is 0 Å². The summed E-state index contributed by atoms with van der Waals surface area (Å²) in [5.41, 5.74) is 0.648. The lowest BCUT2D eigenvalue weighted by molar-refractivity contribution is 0.0273. The largest absolute Gasteiger partial charge is 0.393 e. The number of hydrogen-bond donors (Lipinski definition) is 2. The van der Waals surface area contributed by atoms with Crippen LogP contribution < -0.4 is 4.72 Å². The highest BCUT2D eigenvalue weighted by molar-refractivity contribution is 7.89. The lowest BCUT2D eigenvalue weighted by Crippen LogP contribution is -2.41. The van der Waals surface area contributed by atoms with E-state index in [0.29, 0.717) is 23.6 Å². The van der Waals surface area contributed by atoms with E-state index in [1.165, 1.54) is 12.1 Å². The van der Waals surface area contributed by atoms with E-state index in [4.69, 9.17) is 11.6 Å². The molecule has 0 spiro atoms. The average molecular weight is 353 g/mol. The van der Waals surface area contributed by atoms with E-state index in [2.05, 4.69) is 9.71 Å². The van der Waals surface area contributed by atoms with E-state index in [1.54, 1.807) is 30.5 Å². The molecular formula is C16H17ClN2O3S. The molecule has 1 saturated carbocycles. The van der Waals surface area contributed by atoms with Gasteiger partial charge in [-0.1, -0.05) is 23.7 Å². The van der Waals surface area contributed by atoms with Crippen molar-refractivity contribution in [1.82, 2.24) is 9.71 Å². The molecule has 2 N–H and O–H groups in total. The summed E-state index contributed by atoms with van der Waals surface area (Å²) in [5.74, 6) is 0.0221. The monoisotopic (exact) mass is 352 g/mol. The minimum Gasteiger partial charge on any atom is -0.393 e. The summed E-state index contributed by atoms with van der Waals surface area (Å²) < 4.78 is 28.0. The summed E-state index contributed by atoms with van der Waals surface area (Å²) in [4.78, 5) is 4.38. The predicted molar refractivity (Wildman–Crippen MR) is 87.5 cm³/mol. The quantitative estimate of drug-likeness (QED) is 0.866. The van der Waals surface area contributed by atoms with Gasteiger partial charge in [-0.3, -0.25) is 4.98 Å². The summed E-state index contributed by atoms with van der Waals surface area (Å²) in [6, 6.07) is 11.0. The second-order valence-corrected chi connectivity index (χ2v) is 7.85. The Labute approximate surface area is 140 Å². The molecule has 1 heterocycles. The lowest BCUT2D eigenvalue weighted by Gasteiger charge is -2.37. The van der Waals surface area contributed by atoms with Gasteiger partial charge in [0.2, 0.25) is 10.0 Å². The van der Waals surface area contributed by atoms with Gasteiger partial charge in [0, 0.05) is 11.2 Å². The molecule has 0 aliphatic heterocycles. The van der Waals surface area contributed by atoms with E-state index in [9.17, 15) is 13.5 Å². The molecule has 1 aliphatic rings. The van der Waals surface area contributed by atoms with Gasteiger partial charge in [0.25, 0.3) is 0 Å². The van der Waals surface area contributed by atoms with Gasteiger partial charge in [-0.05, 0) is 49.1 Å². The van der Waals surface area contributed by atoms with E-state index in [1.807, 2.05) is 6.07 Å². The molecule has 1 aromatic heterocycles. The number of pyridine rings is 1. The zero-order valence-corrected chi connectivity index (χ0v) is 13.8. The third-order valence-corrected chi connectivity index (χ3v) is 5.69. The zero-order valence-electron chi connectivity index (χ0n) is 12.3. The van der Waals surface area contributed by atoms with Crippen LogP contribution in [0.4, 0.5) is 0 Å². The minimum atomic E-state index is -3.72. The molecule has 122 valence electrons. The number of hydrogen-bond acceptors (Lipinski definition) is 4. The summed E-state index contributed by atoms with van der Waals surface area (Å²) >= 11 is 5.89. The third kappa shape index (κ3) is 3.72. The highest BCUT2D eigenvalue weighted by Gasteiger charge is 2.37. The van der Waals surface area contributed by atoms with Crippen LogP contribution in [0, 0.1) is 5.92 Å². The Morgan fingerprint density at radius 3 is 2.61 bits per heavy atom. The van der Waals surface area contributed by atoms with Crippen LogP contribution in [0.5, 0.6) is 0 Å². The van der Waals surface area contributed by atoms with Crippen molar-refractivity contribution in [2.45, 2.75) is 29.9 Å². The number of aromatic nitrogens is 1. The van der Waals surface area contributed by atoms with Gasteiger partial charge < -0.3 is 5.11 Å². The van der Waals surface area contributed by atoms with Gasteiger partial charge in [-0.15, -0.1) is 0 Å². The molecule has 5 nitrogen and oxygen atoms in total. The third-order valence-electron chi connectivity index (χ3n) is 4.02. The maximum absolute atomic E-state index is 12.6. The molecule has 1 aliphatic carbocycles. The molecule has 0 unspecified atom stereocenters. The highest BCUT2D eigenvalue weighted by Crippen LogP contribution is 2.38. The first-order valence-corrected chi connectivity index (χ1v) is 9.19. The van der Waals surface area contributed by atoms with Crippen LogP contribution in [0.15, 0.2) is 53.6 Å². The number of aliphatic hydroxyl groups excluding tert-OH is 1. The molecule has 0 amide bonds. The molecule has 2 aromatic rings. The van der Waals surface area contributed by atoms with Crippen molar-refractivity contribution in [2.24, 2.45) is 5.92 Å². The predicted octanol–water partition coefficient (Wildman–Crippen LogP) is 2.53. The highest BCUT2D eigenvalue weighted by atomic mass is 35.5. The second-order valence-electron chi connectivity index (χ2n) is 5.70. The van der Waals surface area contributed by atoms with Gasteiger partial charge in [0.05, 0.1) is 22.7 Å². The van der Waals surface area contributed by atoms with Crippen molar-refractivity contribution in [3.05, 3.63) is 59.4 Å². The van der Waals surface area contributed by atoms with Crippen LogP contribution in [0.3, 0.4) is 0 Å². The van der Waals surface area contributed by atoms with Crippen LogP contribution >= 0.6 is 11.6 Å². The first-order chi connectivity index (χ1) is 11.0. The number of nitrogens with zero attached hydrogens (tertiary/aromatic N) is 1. The second kappa shape index (κ2) is 6.57. The number of rotatable bonds is 5. The van der Waals surface area contributed by atoms with Gasteiger partial charge in [-0.2, -0.15) is 0 Å². The van der Waals surface area contributed by atoms with Crippen molar-refractivity contribution in [2.75, 3.05) is 0 Å². The molecule has 0 saturated heterocycles. The average Bonchev–Trinajstić information content (AvgIpc) is 2.51. The fraction of sp³-hybridized carbons (Fsp3) is 0.312. The molecule has 7 heteroatoms. The molecule has 1 atom stereocenters. The smallest absolute Gasteiger partial charge is 0.241 e. The first-order valence-electron chi connectivity index (χ1n) is 7.32. The molecule has 0 bridgehead atoms. The number of halogens is 1. The van der Waals surface area contributed by atoms with E-state index < -0.39 is 16.1 Å². The number of nitrogens with one attached hydrogen (secondary N) is 1. The summed E-state index contributed by atoms with van der Waals surface area (Å²) in [7, 11) is -3.72. The SMILES string of the molecule is O=S(=O)(N[C@H](c1ccccn1)C1CC(O)C1)c1cccc(Cl)c1. The van der Waals surface area contributed by atoms with Crippen LogP contribution in [0.2, 0.25) is 5.02 Å². The van der Waals surface area contributed by atoms with Crippen molar-refractivity contribution in [1.29, 1.82) is 0 Å². The topological polar surface area (TPSA) is 79.3 Å². The molecule has 3 rings (SSSR count). The van der Waals surface area contributed by atoms with Crippen molar-refractivity contribution < 1.29 is 13.5 Å². The van der Waals surface area contributed by atoms with Gasteiger partial charge in [-0.25, -0.2) is 13.1 Å². The Morgan fingerprint density at radius 2 is 2.00 bits per heavy atom.